The predicted octanol–water partition coefficient (Wildman–Crippen LogP) is 3.00. The molecule has 1 aromatic carbocycles. The Hall–Kier alpha value is -1.82. The van der Waals surface area contributed by atoms with Crippen molar-refractivity contribution in [2.45, 2.75) is 31.7 Å². The zero-order chi connectivity index (χ0) is 16.4. The maximum atomic E-state index is 13.3. The molecule has 7 heteroatoms. The van der Waals surface area contributed by atoms with Crippen LogP contribution >= 0.6 is 11.6 Å². The van der Waals surface area contributed by atoms with Gasteiger partial charge in [-0.25, -0.2) is 9.18 Å². The average molecular weight is 340 g/mol. The van der Waals surface area contributed by atoms with Crippen molar-refractivity contribution in [2.75, 3.05) is 18.4 Å². The van der Waals surface area contributed by atoms with Crippen LogP contribution in [-0.4, -0.2) is 36.0 Å². The van der Waals surface area contributed by atoms with E-state index < -0.39 is 5.82 Å². The lowest BCUT2D eigenvalue weighted by molar-refractivity contribution is -0.133. The lowest BCUT2D eigenvalue weighted by atomic mass is 10.0. The Labute approximate surface area is 139 Å². The van der Waals surface area contributed by atoms with Crippen LogP contribution in [0, 0.1) is 11.7 Å². The molecule has 1 saturated carbocycles. The van der Waals surface area contributed by atoms with E-state index in [4.69, 9.17) is 11.6 Å². The molecule has 2 N–H and O–H groups in total. The van der Waals surface area contributed by atoms with Crippen molar-refractivity contribution in [3.63, 3.8) is 0 Å². The Morgan fingerprint density at radius 1 is 1.17 bits per heavy atom. The van der Waals surface area contributed by atoms with E-state index in [2.05, 4.69) is 10.6 Å². The van der Waals surface area contributed by atoms with E-state index >= 15 is 0 Å². The third-order valence-corrected chi connectivity index (χ3v) is 4.55. The number of carbonyl (C=O) groups excluding carboxylic acids is 2. The molecule has 1 saturated heterocycles. The molecule has 0 unspecified atom stereocenters. The van der Waals surface area contributed by atoms with E-state index in [0.717, 1.165) is 25.7 Å². The second-order valence-electron chi connectivity index (χ2n) is 6.10. The molecular formula is C16H19ClFN3O2. The molecule has 3 amide bonds. The van der Waals surface area contributed by atoms with Crippen LogP contribution in [0.15, 0.2) is 18.2 Å². The lowest BCUT2D eigenvalue weighted by Crippen LogP contribution is -2.47. The van der Waals surface area contributed by atoms with Crippen LogP contribution in [0.4, 0.5) is 14.9 Å². The normalized spacial score (nSPS) is 18.6. The smallest absolute Gasteiger partial charge is 0.319 e. The first-order valence-corrected chi connectivity index (χ1v) is 8.22. The molecule has 0 bridgehead atoms. The molecule has 124 valence electrons. The summed E-state index contributed by atoms with van der Waals surface area (Å²) >= 11 is 5.60. The summed E-state index contributed by atoms with van der Waals surface area (Å²) in [6, 6.07) is 3.77. The first-order valence-electron chi connectivity index (χ1n) is 7.84. The number of carbonyl (C=O) groups is 2. The van der Waals surface area contributed by atoms with Crippen molar-refractivity contribution >= 4 is 29.2 Å². The lowest BCUT2D eigenvalue weighted by Gasteiger charge is -2.32. The number of rotatable bonds is 3. The molecular weight excluding hydrogens is 321 g/mol. The zero-order valence-electron chi connectivity index (χ0n) is 12.6. The Bertz CT molecular complexity index is 613. The van der Waals surface area contributed by atoms with Gasteiger partial charge in [0.25, 0.3) is 0 Å². The first-order chi connectivity index (χ1) is 11.0. The van der Waals surface area contributed by atoms with Gasteiger partial charge in [-0.05, 0) is 43.9 Å². The summed E-state index contributed by atoms with van der Waals surface area (Å²) in [6.07, 6.45) is 3.50. The topological polar surface area (TPSA) is 61.4 Å². The highest BCUT2D eigenvalue weighted by atomic mass is 35.5. The highest BCUT2D eigenvalue weighted by molar-refractivity contribution is 6.30. The number of likely N-dealkylation sites (tertiary alicyclic amines) is 1. The number of benzene rings is 1. The minimum Gasteiger partial charge on any atom is -0.342 e. The number of nitrogens with zero attached hydrogens (tertiary/aromatic N) is 1. The molecule has 1 heterocycles. The van der Waals surface area contributed by atoms with Crippen LogP contribution in [-0.2, 0) is 4.79 Å². The molecule has 1 aliphatic carbocycles. The summed E-state index contributed by atoms with van der Waals surface area (Å²) in [6.45, 7) is 1.35. The Balaban J connectivity index is 1.45. The number of hydrogen-bond donors (Lipinski definition) is 2. The molecule has 2 fully saturated rings. The van der Waals surface area contributed by atoms with Crippen LogP contribution in [0.1, 0.15) is 25.7 Å². The van der Waals surface area contributed by atoms with Gasteiger partial charge in [0.2, 0.25) is 5.91 Å². The number of halogens is 2. The maximum Gasteiger partial charge on any atom is 0.319 e. The standard InChI is InChI=1S/C16H19ClFN3O2/c17-13-4-3-12(9-14(13)18)20-16(23)19-11-5-7-21(8-6-11)15(22)10-1-2-10/h3-4,9-11H,1-2,5-8H2,(H2,19,20,23). The summed E-state index contributed by atoms with van der Waals surface area (Å²) < 4.78 is 13.3. The maximum absolute atomic E-state index is 13.3. The average Bonchev–Trinajstić information content (AvgIpc) is 3.36. The van der Waals surface area contributed by atoms with Crippen molar-refractivity contribution in [3.8, 4) is 0 Å². The van der Waals surface area contributed by atoms with Crippen molar-refractivity contribution in [1.29, 1.82) is 0 Å². The fourth-order valence-corrected chi connectivity index (χ4v) is 2.88. The Morgan fingerprint density at radius 2 is 1.87 bits per heavy atom. The van der Waals surface area contributed by atoms with E-state index in [9.17, 15) is 14.0 Å². The van der Waals surface area contributed by atoms with Gasteiger partial charge in [-0.3, -0.25) is 4.79 Å². The summed E-state index contributed by atoms with van der Waals surface area (Å²) in [5, 5.41) is 5.47. The molecule has 0 spiro atoms. The van der Waals surface area contributed by atoms with Crippen LogP contribution in [0.25, 0.3) is 0 Å². The largest absolute Gasteiger partial charge is 0.342 e. The SMILES string of the molecule is O=C(Nc1ccc(Cl)c(F)c1)NC1CCN(C(=O)C2CC2)CC1. The van der Waals surface area contributed by atoms with Gasteiger partial charge in [0.1, 0.15) is 5.82 Å². The summed E-state index contributed by atoms with van der Waals surface area (Å²) in [4.78, 5) is 25.8. The number of anilines is 1. The number of nitrogens with one attached hydrogen (secondary N) is 2. The van der Waals surface area contributed by atoms with E-state index in [1.54, 1.807) is 6.07 Å². The number of hydrogen-bond acceptors (Lipinski definition) is 2. The highest BCUT2D eigenvalue weighted by Gasteiger charge is 2.35. The van der Waals surface area contributed by atoms with E-state index in [-0.39, 0.29) is 28.9 Å². The van der Waals surface area contributed by atoms with Crippen molar-refractivity contribution in [3.05, 3.63) is 29.0 Å². The van der Waals surface area contributed by atoms with Crippen molar-refractivity contribution in [1.82, 2.24) is 10.2 Å². The minimum absolute atomic E-state index is 0.0173. The molecule has 0 aromatic heterocycles. The molecule has 2 aliphatic rings. The summed E-state index contributed by atoms with van der Waals surface area (Å²) in [7, 11) is 0. The quantitative estimate of drug-likeness (QED) is 0.889. The van der Waals surface area contributed by atoms with Gasteiger partial charge >= 0.3 is 6.03 Å². The number of piperidine rings is 1. The molecule has 23 heavy (non-hydrogen) atoms. The third-order valence-electron chi connectivity index (χ3n) is 4.25. The van der Waals surface area contributed by atoms with Gasteiger partial charge in [0.05, 0.1) is 5.02 Å². The highest BCUT2D eigenvalue weighted by Crippen LogP contribution is 2.31. The van der Waals surface area contributed by atoms with Gasteiger partial charge in [0.15, 0.2) is 0 Å². The molecule has 0 atom stereocenters. The van der Waals surface area contributed by atoms with E-state index in [1.165, 1.54) is 12.1 Å². The van der Waals surface area contributed by atoms with Crippen molar-refractivity contribution < 1.29 is 14.0 Å². The van der Waals surface area contributed by atoms with Crippen LogP contribution in [0.2, 0.25) is 5.02 Å². The Kier molecular flexibility index (Phi) is 4.71. The fraction of sp³-hybridized carbons (Fsp3) is 0.500. The Morgan fingerprint density at radius 3 is 2.48 bits per heavy atom. The molecule has 5 nitrogen and oxygen atoms in total. The van der Waals surface area contributed by atoms with Crippen LogP contribution < -0.4 is 10.6 Å². The van der Waals surface area contributed by atoms with Gasteiger partial charge < -0.3 is 15.5 Å². The number of amides is 3. The molecule has 1 aliphatic heterocycles. The fourth-order valence-electron chi connectivity index (χ4n) is 2.76. The third kappa shape index (κ3) is 4.13. The van der Waals surface area contributed by atoms with Crippen molar-refractivity contribution in [2.24, 2.45) is 5.92 Å². The predicted molar refractivity (Wildman–Crippen MR) is 85.9 cm³/mol. The van der Waals surface area contributed by atoms with Gasteiger partial charge in [0, 0.05) is 30.7 Å². The van der Waals surface area contributed by atoms with Crippen LogP contribution in [0.3, 0.4) is 0 Å². The van der Waals surface area contributed by atoms with Gasteiger partial charge in [-0.1, -0.05) is 11.6 Å². The van der Waals surface area contributed by atoms with Crippen LogP contribution in [0.5, 0.6) is 0 Å². The monoisotopic (exact) mass is 339 g/mol. The molecule has 0 radical (unpaired) electrons. The number of urea groups is 1. The van der Waals surface area contributed by atoms with E-state index in [1.807, 2.05) is 4.90 Å². The van der Waals surface area contributed by atoms with Gasteiger partial charge in [-0.15, -0.1) is 0 Å². The first kappa shape index (κ1) is 16.1. The molecule has 3 rings (SSSR count). The van der Waals surface area contributed by atoms with Gasteiger partial charge in [-0.2, -0.15) is 0 Å². The molecule has 1 aromatic rings. The zero-order valence-corrected chi connectivity index (χ0v) is 13.4. The second kappa shape index (κ2) is 6.74. The minimum atomic E-state index is -0.573. The van der Waals surface area contributed by atoms with E-state index in [0.29, 0.717) is 18.8 Å². The summed E-state index contributed by atoms with van der Waals surface area (Å²) in [5.41, 5.74) is 0.353. The summed E-state index contributed by atoms with van der Waals surface area (Å²) in [5.74, 6) is -0.0801. The second-order valence-corrected chi connectivity index (χ2v) is 6.51.